The Labute approximate surface area is 224 Å². The fourth-order valence-electron chi connectivity index (χ4n) is 6.27. The van der Waals surface area contributed by atoms with Gasteiger partial charge in [0.25, 0.3) is 0 Å². The van der Waals surface area contributed by atoms with E-state index in [9.17, 15) is 23.1 Å². The molecular weight excluding hydrogens is 503 g/mol. The van der Waals surface area contributed by atoms with Gasteiger partial charge >= 0.3 is 12.3 Å². The minimum atomic E-state index is -4.78. The van der Waals surface area contributed by atoms with Gasteiger partial charge in [-0.1, -0.05) is 61.7 Å². The number of carboxylic acids is 1. The van der Waals surface area contributed by atoms with Gasteiger partial charge in [0.2, 0.25) is 0 Å². The van der Waals surface area contributed by atoms with Crippen LogP contribution in [0.2, 0.25) is 0 Å². The largest absolute Gasteiger partial charge is 0.573 e. The number of nitrogens with zero attached hydrogens (tertiary/aromatic N) is 1. The van der Waals surface area contributed by atoms with Crippen LogP contribution in [0.15, 0.2) is 72.8 Å². The van der Waals surface area contributed by atoms with Crippen LogP contribution < -0.4 is 4.74 Å². The Morgan fingerprint density at radius 1 is 0.897 bits per heavy atom. The van der Waals surface area contributed by atoms with Gasteiger partial charge in [0.15, 0.2) is 0 Å². The van der Waals surface area contributed by atoms with Crippen LogP contribution >= 0.6 is 0 Å². The predicted octanol–water partition coefficient (Wildman–Crippen LogP) is 8.57. The summed E-state index contributed by atoms with van der Waals surface area (Å²) in [6.07, 6.45) is 1.55. The van der Waals surface area contributed by atoms with Gasteiger partial charge in [-0.05, 0) is 83.3 Å². The summed E-state index contributed by atoms with van der Waals surface area (Å²) in [6.45, 7) is 0.648. The van der Waals surface area contributed by atoms with Crippen LogP contribution in [0.1, 0.15) is 53.6 Å². The maximum Gasteiger partial charge on any atom is 0.573 e. The molecule has 0 saturated heterocycles. The molecule has 1 N–H and O–H groups in total. The number of carbonyl (C=O) groups is 1. The van der Waals surface area contributed by atoms with Gasteiger partial charge in [0, 0.05) is 17.8 Å². The Morgan fingerprint density at radius 3 is 2.31 bits per heavy atom. The van der Waals surface area contributed by atoms with Gasteiger partial charge in [-0.25, -0.2) is 4.79 Å². The van der Waals surface area contributed by atoms with Crippen molar-refractivity contribution >= 4 is 5.97 Å². The zero-order chi connectivity index (χ0) is 27.1. The van der Waals surface area contributed by atoms with Crippen molar-refractivity contribution in [2.24, 2.45) is 5.92 Å². The quantitative estimate of drug-likeness (QED) is 0.239. The van der Waals surface area contributed by atoms with E-state index in [0.29, 0.717) is 35.8 Å². The second-order valence-corrected chi connectivity index (χ2v) is 10.4. The first-order chi connectivity index (χ1) is 18.8. The first-order valence-electron chi connectivity index (χ1n) is 13.3. The van der Waals surface area contributed by atoms with E-state index in [2.05, 4.69) is 27.5 Å². The van der Waals surface area contributed by atoms with E-state index in [1.165, 1.54) is 24.1 Å². The van der Waals surface area contributed by atoms with Crippen molar-refractivity contribution in [1.29, 1.82) is 0 Å². The lowest BCUT2D eigenvalue weighted by Gasteiger charge is -2.25. The fourth-order valence-corrected chi connectivity index (χ4v) is 6.27. The highest BCUT2D eigenvalue weighted by molar-refractivity contribution is 5.99. The molecule has 200 valence electrons. The Bertz CT molecular complexity index is 1530. The number of halogens is 3. The first-order valence-corrected chi connectivity index (χ1v) is 13.3. The summed E-state index contributed by atoms with van der Waals surface area (Å²) in [5.74, 6) is -0.945. The highest BCUT2D eigenvalue weighted by atomic mass is 19.4. The second-order valence-electron chi connectivity index (χ2n) is 10.4. The van der Waals surface area contributed by atoms with Crippen LogP contribution in [0, 0.1) is 5.92 Å². The lowest BCUT2D eigenvalue weighted by Crippen LogP contribution is -2.17. The minimum Gasteiger partial charge on any atom is -0.478 e. The van der Waals surface area contributed by atoms with Crippen molar-refractivity contribution in [3.63, 3.8) is 0 Å². The second kappa shape index (κ2) is 9.95. The third-order valence-electron chi connectivity index (χ3n) is 7.98. The van der Waals surface area contributed by atoms with Crippen LogP contribution in [0.25, 0.3) is 33.6 Å². The number of rotatable bonds is 6. The van der Waals surface area contributed by atoms with Crippen LogP contribution in [0.5, 0.6) is 5.75 Å². The SMILES string of the molecule is O=C(O)c1cc(-c2ccc(OC(F)(F)F)cc2)n(CC2CCCCC2)c1-c1cccc2c1Cc1ccccc1-2. The third-order valence-corrected chi connectivity index (χ3v) is 7.98. The summed E-state index contributed by atoms with van der Waals surface area (Å²) in [4.78, 5) is 12.7. The molecule has 1 heterocycles. The van der Waals surface area contributed by atoms with Gasteiger partial charge in [-0.3, -0.25) is 0 Å². The van der Waals surface area contributed by atoms with E-state index < -0.39 is 12.3 Å². The lowest BCUT2D eigenvalue weighted by molar-refractivity contribution is -0.274. The topological polar surface area (TPSA) is 51.5 Å². The molecule has 3 aromatic carbocycles. The smallest absolute Gasteiger partial charge is 0.478 e. The molecule has 0 amide bonds. The van der Waals surface area contributed by atoms with Crippen molar-refractivity contribution in [2.75, 3.05) is 0 Å². The molecule has 39 heavy (non-hydrogen) atoms. The number of aromatic carboxylic acids is 1. The summed E-state index contributed by atoms with van der Waals surface area (Å²) in [6, 6.07) is 21.6. The van der Waals surface area contributed by atoms with E-state index >= 15 is 0 Å². The maximum absolute atomic E-state index is 12.7. The van der Waals surface area contributed by atoms with Gasteiger partial charge in [-0.2, -0.15) is 0 Å². The van der Waals surface area contributed by atoms with Gasteiger partial charge in [-0.15, -0.1) is 13.2 Å². The molecule has 2 aliphatic rings. The van der Waals surface area contributed by atoms with E-state index in [1.807, 2.05) is 24.3 Å². The number of hydrogen-bond donors (Lipinski definition) is 1. The molecule has 1 aromatic heterocycles. The maximum atomic E-state index is 12.7. The molecule has 7 heteroatoms. The Balaban J connectivity index is 1.51. The third kappa shape index (κ3) is 4.93. The number of carboxylic acid groups (broad SMARTS) is 1. The average molecular weight is 532 g/mol. The van der Waals surface area contributed by atoms with Crippen molar-refractivity contribution in [3.05, 3.63) is 89.5 Å². The number of fused-ring (bicyclic) bond motifs is 3. The zero-order valence-corrected chi connectivity index (χ0v) is 21.3. The van der Waals surface area contributed by atoms with Crippen molar-refractivity contribution in [1.82, 2.24) is 4.57 Å². The minimum absolute atomic E-state index is 0.195. The normalized spacial score (nSPS) is 15.2. The molecule has 0 radical (unpaired) electrons. The van der Waals surface area contributed by atoms with E-state index in [-0.39, 0.29) is 11.3 Å². The van der Waals surface area contributed by atoms with Crippen LogP contribution in [0.4, 0.5) is 13.2 Å². The van der Waals surface area contributed by atoms with Crippen LogP contribution in [-0.2, 0) is 13.0 Å². The van der Waals surface area contributed by atoms with Gasteiger partial charge in [0.05, 0.1) is 11.3 Å². The monoisotopic (exact) mass is 531 g/mol. The highest BCUT2D eigenvalue weighted by Crippen LogP contribution is 2.44. The number of aromatic nitrogens is 1. The van der Waals surface area contributed by atoms with Crippen molar-refractivity contribution in [3.8, 4) is 39.4 Å². The van der Waals surface area contributed by atoms with Gasteiger partial charge < -0.3 is 14.4 Å². The summed E-state index contributed by atoms with van der Waals surface area (Å²) in [7, 11) is 0. The predicted molar refractivity (Wildman–Crippen MR) is 144 cm³/mol. The number of benzene rings is 3. The molecule has 4 aromatic rings. The molecule has 4 nitrogen and oxygen atoms in total. The molecule has 1 saturated carbocycles. The molecule has 6 rings (SSSR count). The molecule has 0 unspecified atom stereocenters. The molecule has 1 fully saturated rings. The average Bonchev–Trinajstić information content (AvgIpc) is 3.48. The molecule has 2 aliphatic carbocycles. The Morgan fingerprint density at radius 2 is 1.59 bits per heavy atom. The van der Waals surface area contributed by atoms with E-state index in [4.69, 9.17) is 0 Å². The molecular formula is C32H28F3NO3. The standard InChI is InChI=1S/C32H28F3NO3/c33-32(34,35)39-23-15-13-21(14-16-23)29-18-28(31(37)38)30(36(29)19-20-7-2-1-3-8-20)26-12-6-11-25-24-10-5-4-9-22(24)17-27(25)26/h4-6,9-16,18,20H,1-3,7-8,17,19H2,(H,37,38). The summed E-state index contributed by atoms with van der Waals surface area (Å²) in [5.41, 5.74) is 7.65. The number of hydrogen-bond acceptors (Lipinski definition) is 2. The summed E-state index contributed by atoms with van der Waals surface area (Å²) >= 11 is 0. The summed E-state index contributed by atoms with van der Waals surface area (Å²) in [5, 5.41) is 10.4. The first kappa shape index (κ1) is 25.3. The van der Waals surface area contributed by atoms with Gasteiger partial charge in [0.1, 0.15) is 5.75 Å². The zero-order valence-electron chi connectivity index (χ0n) is 21.3. The Kier molecular flexibility index (Phi) is 6.45. The van der Waals surface area contributed by atoms with E-state index in [1.54, 1.807) is 18.2 Å². The van der Waals surface area contributed by atoms with Crippen LogP contribution in [-0.4, -0.2) is 22.0 Å². The van der Waals surface area contributed by atoms with Crippen molar-refractivity contribution in [2.45, 2.75) is 51.4 Å². The van der Waals surface area contributed by atoms with Crippen LogP contribution in [0.3, 0.4) is 0 Å². The molecule has 0 spiro atoms. The highest BCUT2D eigenvalue weighted by Gasteiger charge is 2.32. The lowest BCUT2D eigenvalue weighted by atomic mass is 9.89. The summed E-state index contributed by atoms with van der Waals surface area (Å²) < 4.78 is 44.4. The molecule has 0 aliphatic heterocycles. The number of alkyl halides is 3. The molecule has 0 bridgehead atoms. The molecule has 0 atom stereocenters. The number of ether oxygens (including phenoxy) is 1. The fraction of sp³-hybridized carbons (Fsp3) is 0.281. The van der Waals surface area contributed by atoms with E-state index in [0.717, 1.165) is 47.9 Å². The van der Waals surface area contributed by atoms with Crippen molar-refractivity contribution < 1.29 is 27.8 Å². The Hall–Kier alpha value is -4.00.